The van der Waals surface area contributed by atoms with Gasteiger partial charge in [-0.2, -0.15) is 9.97 Å². The van der Waals surface area contributed by atoms with Crippen LogP contribution in [0.3, 0.4) is 0 Å². The van der Waals surface area contributed by atoms with E-state index in [9.17, 15) is 8.42 Å². The number of sulfonamides is 1. The molecule has 2 aromatic rings. The molecule has 2 rings (SSSR count). The lowest BCUT2D eigenvalue weighted by Gasteiger charge is -2.12. The third-order valence-electron chi connectivity index (χ3n) is 2.72. The van der Waals surface area contributed by atoms with Gasteiger partial charge in [0.15, 0.2) is 11.5 Å². The minimum absolute atomic E-state index is 0.0193. The first kappa shape index (κ1) is 14.5. The summed E-state index contributed by atoms with van der Waals surface area (Å²) < 4.78 is 24.5. The molecule has 0 amide bonds. The molecule has 0 atom stereocenters. The smallest absolute Gasteiger partial charge is 0.226 e. The summed E-state index contributed by atoms with van der Waals surface area (Å²) in [5.41, 5.74) is 1.16. The van der Waals surface area contributed by atoms with Gasteiger partial charge >= 0.3 is 0 Å². The van der Waals surface area contributed by atoms with Crippen LogP contribution in [-0.4, -0.2) is 66.1 Å². The van der Waals surface area contributed by atoms with E-state index in [4.69, 9.17) is 0 Å². The first-order valence-corrected chi connectivity index (χ1v) is 7.58. The van der Waals surface area contributed by atoms with Gasteiger partial charge in [0, 0.05) is 27.7 Å². The molecule has 0 fully saturated rings. The second kappa shape index (κ2) is 5.59. The van der Waals surface area contributed by atoms with Crippen molar-refractivity contribution in [3.63, 3.8) is 0 Å². The summed E-state index contributed by atoms with van der Waals surface area (Å²) in [5, 5.41) is 5.82. The SMILES string of the molecule is CNc1nc(NCCS(=O)(=O)N(C)C)c2[nH]cnc2n1. The highest BCUT2D eigenvalue weighted by atomic mass is 32.2. The molecule has 0 unspecified atom stereocenters. The molecule has 110 valence electrons. The average molecular weight is 299 g/mol. The molecular formula is C10H17N7O2S. The van der Waals surface area contributed by atoms with E-state index in [-0.39, 0.29) is 12.3 Å². The lowest BCUT2D eigenvalue weighted by atomic mass is 10.5. The highest BCUT2D eigenvalue weighted by Crippen LogP contribution is 2.18. The van der Waals surface area contributed by atoms with Crippen molar-refractivity contribution < 1.29 is 8.42 Å². The van der Waals surface area contributed by atoms with E-state index in [1.165, 1.54) is 24.7 Å². The summed E-state index contributed by atoms with van der Waals surface area (Å²) >= 11 is 0. The van der Waals surface area contributed by atoms with Gasteiger partial charge in [0.2, 0.25) is 16.0 Å². The summed E-state index contributed by atoms with van der Waals surface area (Å²) in [6.07, 6.45) is 1.51. The molecule has 2 heterocycles. The maximum atomic E-state index is 11.7. The lowest BCUT2D eigenvalue weighted by molar-refractivity contribution is 0.521. The lowest BCUT2D eigenvalue weighted by Crippen LogP contribution is -2.28. The fourth-order valence-corrected chi connectivity index (χ4v) is 2.28. The van der Waals surface area contributed by atoms with Gasteiger partial charge in [-0.15, -0.1) is 0 Å². The number of aromatic nitrogens is 4. The maximum absolute atomic E-state index is 11.7. The van der Waals surface area contributed by atoms with E-state index in [1.54, 1.807) is 7.05 Å². The van der Waals surface area contributed by atoms with Crippen LogP contribution in [-0.2, 0) is 10.0 Å². The van der Waals surface area contributed by atoms with Crippen LogP contribution in [0.1, 0.15) is 0 Å². The van der Waals surface area contributed by atoms with Crippen molar-refractivity contribution in [2.45, 2.75) is 0 Å². The summed E-state index contributed by atoms with van der Waals surface area (Å²) in [5.74, 6) is 0.919. The third kappa shape index (κ3) is 2.96. The molecular weight excluding hydrogens is 282 g/mol. The van der Waals surface area contributed by atoms with Crippen molar-refractivity contribution >= 4 is 33.0 Å². The highest BCUT2D eigenvalue weighted by Gasteiger charge is 2.14. The summed E-state index contributed by atoms with van der Waals surface area (Å²) in [6, 6.07) is 0. The van der Waals surface area contributed by atoms with Crippen LogP contribution in [0, 0.1) is 0 Å². The fraction of sp³-hybridized carbons (Fsp3) is 0.500. The normalized spacial score (nSPS) is 12.0. The molecule has 0 aliphatic rings. The van der Waals surface area contributed by atoms with Crippen LogP contribution < -0.4 is 10.6 Å². The van der Waals surface area contributed by atoms with E-state index in [2.05, 4.69) is 30.6 Å². The average Bonchev–Trinajstić information content (AvgIpc) is 2.86. The first-order chi connectivity index (χ1) is 9.44. The second-order valence-corrected chi connectivity index (χ2v) is 6.57. The molecule has 10 heteroatoms. The van der Waals surface area contributed by atoms with Gasteiger partial charge in [-0.3, -0.25) is 0 Å². The number of H-pyrrole nitrogens is 1. The fourth-order valence-electron chi connectivity index (χ4n) is 1.55. The third-order valence-corrected chi connectivity index (χ3v) is 4.55. The molecule has 20 heavy (non-hydrogen) atoms. The van der Waals surface area contributed by atoms with Crippen LogP contribution in [0.25, 0.3) is 11.2 Å². The Bertz CT molecular complexity index is 695. The zero-order chi connectivity index (χ0) is 14.8. The molecule has 0 saturated carbocycles. The maximum Gasteiger partial charge on any atom is 0.226 e. The largest absolute Gasteiger partial charge is 0.367 e. The van der Waals surface area contributed by atoms with Crippen molar-refractivity contribution in [1.29, 1.82) is 0 Å². The van der Waals surface area contributed by atoms with Crippen LogP contribution in [0.2, 0.25) is 0 Å². The number of hydrogen-bond donors (Lipinski definition) is 3. The van der Waals surface area contributed by atoms with Gasteiger partial charge in [-0.25, -0.2) is 17.7 Å². The molecule has 9 nitrogen and oxygen atoms in total. The van der Waals surface area contributed by atoms with Crippen molar-refractivity contribution in [2.24, 2.45) is 0 Å². The van der Waals surface area contributed by atoms with Gasteiger partial charge in [0.05, 0.1) is 12.1 Å². The second-order valence-electron chi connectivity index (χ2n) is 4.27. The summed E-state index contributed by atoms with van der Waals surface area (Å²) in [6.45, 7) is 0.245. The minimum atomic E-state index is -3.24. The van der Waals surface area contributed by atoms with Crippen LogP contribution >= 0.6 is 0 Å². The molecule has 0 aliphatic heterocycles. The molecule has 0 bridgehead atoms. The minimum Gasteiger partial charge on any atom is -0.367 e. The number of nitrogens with one attached hydrogen (secondary N) is 3. The Balaban J connectivity index is 2.15. The molecule has 0 aliphatic carbocycles. The Morgan fingerprint density at radius 3 is 2.75 bits per heavy atom. The molecule has 0 aromatic carbocycles. The Hall–Kier alpha value is -1.94. The predicted molar refractivity (Wildman–Crippen MR) is 77.2 cm³/mol. The number of rotatable bonds is 6. The van der Waals surface area contributed by atoms with E-state index in [0.717, 1.165) is 0 Å². The van der Waals surface area contributed by atoms with Crippen molar-refractivity contribution in [3.05, 3.63) is 6.33 Å². The van der Waals surface area contributed by atoms with Gasteiger partial charge in [-0.05, 0) is 0 Å². The molecule has 0 spiro atoms. The topological polar surface area (TPSA) is 116 Å². The highest BCUT2D eigenvalue weighted by molar-refractivity contribution is 7.89. The number of fused-ring (bicyclic) bond motifs is 1. The Morgan fingerprint density at radius 2 is 2.10 bits per heavy atom. The number of hydrogen-bond acceptors (Lipinski definition) is 7. The van der Waals surface area contributed by atoms with E-state index >= 15 is 0 Å². The number of anilines is 2. The quantitative estimate of drug-likeness (QED) is 0.670. The molecule has 2 aromatic heterocycles. The Morgan fingerprint density at radius 1 is 1.35 bits per heavy atom. The van der Waals surface area contributed by atoms with Gasteiger partial charge in [-0.1, -0.05) is 0 Å². The Kier molecular flexibility index (Phi) is 4.04. The predicted octanol–water partition coefficient (Wildman–Crippen LogP) is -0.302. The first-order valence-electron chi connectivity index (χ1n) is 5.97. The molecule has 0 saturated heterocycles. The number of imidazole rings is 1. The number of aromatic amines is 1. The zero-order valence-corrected chi connectivity index (χ0v) is 12.3. The van der Waals surface area contributed by atoms with Crippen molar-refractivity contribution in [1.82, 2.24) is 24.2 Å². The van der Waals surface area contributed by atoms with Gasteiger partial charge < -0.3 is 15.6 Å². The molecule has 0 radical (unpaired) electrons. The van der Waals surface area contributed by atoms with Crippen molar-refractivity contribution in [3.8, 4) is 0 Å². The zero-order valence-electron chi connectivity index (χ0n) is 11.5. The molecule has 3 N–H and O–H groups in total. The van der Waals surface area contributed by atoms with E-state index < -0.39 is 10.0 Å². The monoisotopic (exact) mass is 299 g/mol. The van der Waals surface area contributed by atoms with Crippen LogP contribution in [0.5, 0.6) is 0 Å². The van der Waals surface area contributed by atoms with Gasteiger partial charge in [0.25, 0.3) is 0 Å². The van der Waals surface area contributed by atoms with E-state index in [0.29, 0.717) is 22.9 Å². The standard InChI is InChI=1S/C10H17N7O2S/c1-11-10-15-8(7-9(16-10)14-6-13-7)12-4-5-20(18,19)17(2)3/h6H,4-5H2,1-3H3,(H3,11,12,13,14,15,16). The van der Waals surface area contributed by atoms with Crippen molar-refractivity contribution in [2.75, 3.05) is 44.1 Å². The van der Waals surface area contributed by atoms with Crippen LogP contribution in [0.15, 0.2) is 6.33 Å². The number of nitrogens with zero attached hydrogens (tertiary/aromatic N) is 4. The summed E-state index contributed by atoms with van der Waals surface area (Å²) in [7, 11) is 1.48. The van der Waals surface area contributed by atoms with Crippen LogP contribution in [0.4, 0.5) is 11.8 Å². The van der Waals surface area contributed by atoms with E-state index in [1.807, 2.05) is 0 Å². The Labute approximate surface area is 116 Å². The summed E-state index contributed by atoms with van der Waals surface area (Å²) in [4.78, 5) is 15.4. The van der Waals surface area contributed by atoms with Gasteiger partial charge in [0.1, 0.15) is 5.52 Å².